The molecule has 1 saturated heterocycles. The summed E-state index contributed by atoms with van der Waals surface area (Å²) in [7, 11) is -3.60. The summed E-state index contributed by atoms with van der Waals surface area (Å²) in [5, 5.41) is 2.94. The molecular weight excluding hydrogens is 293 g/mol. The molecule has 0 saturated carbocycles. The largest absolute Gasteiger partial charge is 0.453 e. The zero-order valence-corrected chi connectivity index (χ0v) is 11.0. The molecule has 1 heterocycles. The lowest BCUT2D eigenvalue weighted by Gasteiger charge is -2.19. The van der Waals surface area contributed by atoms with E-state index in [4.69, 9.17) is 0 Å². The first kappa shape index (κ1) is 16.6. The average molecular weight is 309 g/mol. The summed E-state index contributed by atoms with van der Waals surface area (Å²) in [6.45, 7) is 0.701. The predicted molar refractivity (Wildman–Crippen MR) is 59.9 cm³/mol. The third-order valence-electron chi connectivity index (χ3n) is 2.98. The molecule has 0 radical (unpaired) electrons. The van der Waals surface area contributed by atoms with E-state index in [0.717, 1.165) is 6.42 Å². The van der Waals surface area contributed by atoms with Crippen molar-refractivity contribution in [2.24, 2.45) is 0 Å². The van der Waals surface area contributed by atoms with Crippen LogP contribution in [0.4, 0.5) is 22.0 Å². The van der Waals surface area contributed by atoms with E-state index in [1.54, 1.807) is 0 Å². The number of nitrogens with one attached hydrogen (secondary N) is 1. The lowest BCUT2D eigenvalue weighted by molar-refractivity contribution is -0.284. The number of hydrogen-bond acceptors (Lipinski definition) is 3. The maximum Gasteiger partial charge on any atom is 0.453 e. The van der Waals surface area contributed by atoms with E-state index >= 15 is 0 Å². The van der Waals surface area contributed by atoms with Crippen LogP contribution in [0, 0.1) is 0 Å². The van der Waals surface area contributed by atoms with Crippen molar-refractivity contribution in [3.8, 4) is 0 Å². The molecule has 1 fully saturated rings. The minimum Gasteiger partial charge on any atom is -0.313 e. The van der Waals surface area contributed by atoms with Crippen LogP contribution in [0.15, 0.2) is 0 Å². The van der Waals surface area contributed by atoms with Crippen LogP contribution in [-0.2, 0) is 9.84 Å². The van der Waals surface area contributed by atoms with E-state index in [1.165, 1.54) is 0 Å². The van der Waals surface area contributed by atoms with E-state index in [1.807, 2.05) is 0 Å². The molecule has 114 valence electrons. The zero-order chi connectivity index (χ0) is 14.7. The molecule has 0 bridgehead atoms. The van der Waals surface area contributed by atoms with Gasteiger partial charge in [0.1, 0.15) is 0 Å². The first-order valence-corrected chi connectivity index (χ1v) is 7.74. The average Bonchev–Trinajstić information content (AvgIpc) is 2.66. The van der Waals surface area contributed by atoms with Crippen LogP contribution in [0.1, 0.15) is 25.7 Å². The number of halogens is 5. The Kier molecular flexibility index (Phi) is 5.16. The second-order valence-corrected chi connectivity index (χ2v) is 6.94. The Hall–Kier alpha value is -0.440. The van der Waals surface area contributed by atoms with Gasteiger partial charge in [0.2, 0.25) is 0 Å². The molecule has 1 aliphatic heterocycles. The van der Waals surface area contributed by atoms with Gasteiger partial charge in [-0.15, -0.1) is 0 Å². The Labute approximate surface area is 108 Å². The third kappa shape index (κ3) is 5.21. The van der Waals surface area contributed by atoms with Crippen LogP contribution in [0.3, 0.4) is 0 Å². The summed E-state index contributed by atoms with van der Waals surface area (Å²) in [6, 6.07) is -0.215. The highest BCUT2D eigenvalue weighted by molar-refractivity contribution is 7.91. The maximum absolute atomic E-state index is 12.6. The van der Waals surface area contributed by atoms with Crippen LogP contribution in [-0.4, -0.2) is 44.6 Å². The van der Waals surface area contributed by atoms with E-state index in [2.05, 4.69) is 5.32 Å². The fourth-order valence-electron chi connectivity index (χ4n) is 1.94. The Morgan fingerprint density at radius 2 is 1.79 bits per heavy atom. The minimum absolute atomic E-state index is 0.204. The highest BCUT2D eigenvalue weighted by Gasteiger charge is 2.56. The second-order valence-electron chi connectivity index (χ2n) is 4.71. The molecular formula is C10H16F5NO2S. The van der Waals surface area contributed by atoms with Crippen LogP contribution in [0.5, 0.6) is 0 Å². The van der Waals surface area contributed by atoms with Crippen LogP contribution < -0.4 is 5.32 Å². The van der Waals surface area contributed by atoms with Gasteiger partial charge < -0.3 is 5.32 Å². The van der Waals surface area contributed by atoms with Gasteiger partial charge in [-0.1, -0.05) is 0 Å². The molecule has 0 amide bonds. The smallest absolute Gasteiger partial charge is 0.313 e. The van der Waals surface area contributed by atoms with Crippen molar-refractivity contribution in [1.29, 1.82) is 0 Å². The number of alkyl halides is 5. The van der Waals surface area contributed by atoms with Gasteiger partial charge in [0.05, 0.1) is 11.5 Å². The van der Waals surface area contributed by atoms with Gasteiger partial charge >= 0.3 is 12.1 Å². The van der Waals surface area contributed by atoms with E-state index < -0.39 is 40.5 Å². The second kappa shape index (κ2) is 5.90. The molecule has 9 heteroatoms. The fraction of sp³-hybridized carbons (Fsp3) is 1.00. The summed E-state index contributed by atoms with van der Waals surface area (Å²) >= 11 is 0. The van der Waals surface area contributed by atoms with Crippen molar-refractivity contribution in [3.05, 3.63) is 0 Å². The van der Waals surface area contributed by atoms with Crippen molar-refractivity contribution in [2.45, 2.75) is 43.8 Å². The number of sulfone groups is 1. The Morgan fingerprint density at radius 1 is 1.16 bits per heavy atom. The highest BCUT2D eigenvalue weighted by Crippen LogP contribution is 2.38. The summed E-state index contributed by atoms with van der Waals surface area (Å²) in [4.78, 5) is 0. The van der Waals surface area contributed by atoms with E-state index in [-0.39, 0.29) is 11.8 Å². The van der Waals surface area contributed by atoms with Gasteiger partial charge in [0.25, 0.3) is 0 Å². The fourth-order valence-corrected chi connectivity index (χ4v) is 3.59. The highest BCUT2D eigenvalue weighted by atomic mass is 32.2. The zero-order valence-electron chi connectivity index (χ0n) is 10.1. The molecule has 3 nitrogen and oxygen atoms in total. The first-order chi connectivity index (χ1) is 8.54. The van der Waals surface area contributed by atoms with Crippen molar-refractivity contribution in [3.63, 3.8) is 0 Å². The molecule has 1 rings (SSSR count). The topological polar surface area (TPSA) is 46.2 Å². The lowest BCUT2D eigenvalue weighted by atomic mass is 10.2. The molecule has 19 heavy (non-hydrogen) atoms. The van der Waals surface area contributed by atoms with E-state index in [9.17, 15) is 30.4 Å². The van der Waals surface area contributed by atoms with Gasteiger partial charge in [0.15, 0.2) is 9.84 Å². The normalized spacial score (nSPS) is 21.8. The van der Waals surface area contributed by atoms with Crippen molar-refractivity contribution in [2.75, 3.05) is 18.1 Å². The Bertz CT molecular complexity index is 387. The van der Waals surface area contributed by atoms with Gasteiger partial charge in [-0.25, -0.2) is 8.42 Å². The van der Waals surface area contributed by atoms with Crippen LogP contribution >= 0.6 is 0 Å². The summed E-state index contributed by atoms with van der Waals surface area (Å²) in [6.07, 6.45) is -6.29. The van der Waals surface area contributed by atoms with Gasteiger partial charge in [-0.3, -0.25) is 0 Å². The monoisotopic (exact) mass is 309 g/mol. The number of rotatable bonds is 6. The van der Waals surface area contributed by atoms with Crippen molar-refractivity contribution >= 4 is 9.84 Å². The Balaban J connectivity index is 2.39. The van der Waals surface area contributed by atoms with E-state index in [0.29, 0.717) is 13.0 Å². The molecule has 0 unspecified atom stereocenters. The predicted octanol–water partition coefficient (Wildman–Crippen LogP) is 2.13. The molecule has 0 aromatic rings. The molecule has 0 aromatic carbocycles. The van der Waals surface area contributed by atoms with Gasteiger partial charge in [-0.05, 0) is 25.8 Å². The number of hydrogen-bond donors (Lipinski definition) is 1. The minimum atomic E-state index is -5.62. The van der Waals surface area contributed by atoms with Crippen molar-refractivity contribution in [1.82, 2.24) is 5.32 Å². The molecule has 0 aromatic heterocycles. The Morgan fingerprint density at radius 3 is 2.26 bits per heavy atom. The molecule has 0 spiro atoms. The maximum atomic E-state index is 12.6. The SMILES string of the molecule is O=S(=O)(CCCC(F)(F)C(F)(F)F)C[C@@H]1CCCN1. The summed E-state index contributed by atoms with van der Waals surface area (Å²) in [5.74, 6) is -5.67. The molecule has 1 aliphatic rings. The molecule has 1 N–H and O–H groups in total. The standard InChI is InChI=1S/C10H16F5NO2S/c11-9(12,10(13,14)15)4-2-6-19(17,18)7-8-3-1-5-16-8/h8,16H,1-7H2/t8-/m0/s1. The quantitative estimate of drug-likeness (QED) is 0.765. The molecule has 0 aliphatic carbocycles. The summed E-state index contributed by atoms with van der Waals surface area (Å²) < 4.78 is 83.9. The first-order valence-electron chi connectivity index (χ1n) is 5.92. The third-order valence-corrected chi connectivity index (χ3v) is 4.80. The molecule has 1 atom stereocenters. The van der Waals surface area contributed by atoms with Crippen LogP contribution in [0.25, 0.3) is 0 Å². The van der Waals surface area contributed by atoms with Gasteiger partial charge in [0, 0.05) is 12.5 Å². The van der Waals surface area contributed by atoms with Gasteiger partial charge in [-0.2, -0.15) is 22.0 Å². The summed E-state index contributed by atoms with van der Waals surface area (Å²) in [5.41, 5.74) is 0. The van der Waals surface area contributed by atoms with Crippen LogP contribution in [0.2, 0.25) is 0 Å². The van der Waals surface area contributed by atoms with Crippen molar-refractivity contribution < 1.29 is 30.4 Å². The lowest BCUT2D eigenvalue weighted by Crippen LogP contribution is -2.37.